The first-order valence-corrected chi connectivity index (χ1v) is 15.8. The van der Waals surface area contributed by atoms with Crippen molar-refractivity contribution in [2.24, 2.45) is 5.41 Å². The van der Waals surface area contributed by atoms with Crippen molar-refractivity contribution in [1.29, 1.82) is 0 Å². The van der Waals surface area contributed by atoms with Crippen LogP contribution in [-0.2, 0) is 0 Å². The van der Waals surface area contributed by atoms with Gasteiger partial charge in [0, 0.05) is 89.7 Å². The molecule has 0 aliphatic carbocycles. The van der Waals surface area contributed by atoms with Crippen molar-refractivity contribution in [3.8, 4) is 0 Å². The molecule has 3 unspecified atom stereocenters. The maximum Gasteiger partial charge on any atom is 0.239 e. The lowest BCUT2D eigenvalue weighted by Gasteiger charge is -2.69. The highest BCUT2D eigenvalue weighted by Gasteiger charge is 2.68. The zero-order valence-electron chi connectivity index (χ0n) is 24.5. The number of likely N-dealkylation sites (tertiary alicyclic amines) is 1. The van der Waals surface area contributed by atoms with E-state index in [0.29, 0.717) is 24.1 Å². The summed E-state index contributed by atoms with van der Waals surface area (Å²) in [6, 6.07) is 11.7. The first-order chi connectivity index (χ1) is 20.5. The van der Waals surface area contributed by atoms with Gasteiger partial charge in [-0.05, 0) is 37.1 Å². The second kappa shape index (κ2) is 12.7. The number of alkyl halides is 2. The van der Waals surface area contributed by atoms with E-state index >= 15 is 8.78 Å². The third kappa shape index (κ3) is 5.09. The quantitative estimate of drug-likeness (QED) is 0.461. The summed E-state index contributed by atoms with van der Waals surface area (Å²) >= 11 is 7.77. The molecule has 4 aliphatic heterocycles. The highest BCUT2D eigenvalue weighted by atomic mass is 35.5. The predicted molar refractivity (Wildman–Crippen MR) is 162 cm³/mol. The van der Waals surface area contributed by atoms with Crippen molar-refractivity contribution in [3.05, 3.63) is 65.3 Å². The molecule has 3 fully saturated rings. The largest absolute Gasteiger partial charge is 0.369 e. The number of pyridine rings is 2. The van der Waals surface area contributed by atoms with Crippen molar-refractivity contribution in [1.82, 2.24) is 35.3 Å². The molecular formula is C31H43ClF2N8. The van der Waals surface area contributed by atoms with E-state index in [1.54, 1.807) is 12.4 Å². The first kappa shape index (κ1) is 29.7. The van der Waals surface area contributed by atoms with Gasteiger partial charge in [0.25, 0.3) is 0 Å². The molecule has 0 amide bonds. The molecule has 0 bridgehead atoms. The normalized spacial score (nSPS) is 30.3. The van der Waals surface area contributed by atoms with Gasteiger partial charge >= 0.3 is 0 Å². The number of rotatable bonds is 7. The molecule has 0 spiro atoms. The van der Waals surface area contributed by atoms with Crippen LogP contribution in [0.25, 0.3) is 0 Å². The lowest BCUT2D eigenvalue weighted by molar-refractivity contribution is -0.178. The van der Waals surface area contributed by atoms with Crippen LogP contribution in [0.3, 0.4) is 0 Å². The number of nitrogens with one attached hydrogen (secondary N) is 2. The van der Waals surface area contributed by atoms with E-state index < -0.39 is 23.5 Å². The average molecular weight is 601 g/mol. The van der Waals surface area contributed by atoms with Gasteiger partial charge < -0.3 is 15.5 Å². The summed E-state index contributed by atoms with van der Waals surface area (Å²) in [5, 5.41) is 7.50. The molecule has 3 atom stereocenters. The van der Waals surface area contributed by atoms with Crippen LogP contribution in [0.5, 0.6) is 0 Å². The Morgan fingerprint density at radius 1 is 0.857 bits per heavy atom. The molecule has 42 heavy (non-hydrogen) atoms. The Kier molecular flexibility index (Phi) is 8.98. The van der Waals surface area contributed by atoms with Crippen molar-refractivity contribution in [3.63, 3.8) is 0 Å². The van der Waals surface area contributed by atoms with Crippen LogP contribution in [0.2, 0.25) is 0 Å². The van der Waals surface area contributed by atoms with Crippen molar-refractivity contribution in [2.75, 3.05) is 70.3 Å². The maximum absolute atomic E-state index is 15.3. The van der Waals surface area contributed by atoms with Crippen molar-refractivity contribution in [2.45, 2.75) is 50.7 Å². The summed E-state index contributed by atoms with van der Waals surface area (Å²) in [5.74, 6) is -0.786. The SMILES string of the molecule is CC1(CC(F)F)C(c2ccccn2)C(N2CCNCC2)=C(Cl)N(c2ccccn2)C1(N1CCCCC1)N1CCNCC1. The minimum Gasteiger partial charge on any atom is -0.369 e. The number of piperazine rings is 2. The highest BCUT2D eigenvalue weighted by Crippen LogP contribution is 2.62. The number of hydrogen-bond acceptors (Lipinski definition) is 8. The van der Waals surface area contributed by atoms with E-state index in [1.807, 2.05) is 36.4 Å². The van der Waals surface area contributed by atoms with Gasteiger partial charge in [0.15, 0.2) is 5.79 Å². The van der Waals surface area contributed by atoms with Crippen LogP contribution < -0.4 is 15.5 Å². The van der Waals surface area contributed by atoms with E-state index in [0.717, 1.165) is 83.0 Å². The molecule has 2 N–H and O–H groups in total. The highest BCUT2D eigenvalue weighted by molar-refractivity contribution is 6.31. The fourth-order valence-electron chi connectivity index (χ4n) is 8.06. The Morgan fingerprint density at radius 3 is 2.07 bits per heavy atom. The van der Waals surface area contributed by atoms with Crippen LogP contribution in [0.15, 0.2) is 59.6 Å². The number of piperidine rings is 1. The Morgan fingerprint density at radius 2 is 1.48 bits per heavy atom. The van der Waals surface area contributed by atoms with Gasteiger partial charge in [-0.2, -0.15) is 0 Å². The number of halogens is 3. The number of anilines is 1. The molecule has 0 aromatic carbocycles. The van der Waals surface area contributed by atoms with E-state index in [9.17, 15) is 0 Å². The minimum atomic E-state index is -2.53. The zero-order valence-corrected chi connectivity index (χ0v) is 25.2. The van der Waals surface area contributed by atoms with E-state index in [1.165, 1.54) is 0 Å². The Bertz CT molecular complexity index is 1180. The summed E-state index contributed by atoms with van der Waals surface area (Å²) in [6.45, 7) is 9.72. The summed E-state index contributed by atoms with van der Waals surface area (Å²) in [4.78, 5) is 19.1. The molecule has 3 saturated heterocycles. The molecule has 228 valence electrons. The van der Waals surface area contributed by atoms with Crippen LogP contribution in [-0.4, -0.2) is 102 Å². The third-order valence-corrected chi connectivity index (χ3v) is 10.0. The molecule has 2 aromatic rings. The van der Waals surface area contributed by atoms with E-state index in [2.05, 4.69) is 37.2 Å². The summed E-state index contributed by atoms with van der Waals surface area (Å²) < 4.78 is 30.5. The monoisotopic (exact) mass is 600 g/mol. The molecule has 6 rings (SSSR count). The van der Waals surface area contributed by atoms with Crippen LogP contribution >= 0.6 is 11.6 Å². The van der Waals surface area contributed by atoms with Crippen LogP contribution in [0.1, 0.15) is 44.2 Å². The van der Waals surface area contributed by atoms with Gasteiger partial charge in [0.2, 0.25) is 6.43 Å². The van der Waals surface area contributed by atoms with Crippen LogP contribution in [0, 0.1) is 5.41 Å². The summed E-state index contributed by atoms with van der Waals surface area (Å²) in [6.07, 6.45) is 3.86. The van der Waals surface area contributed by atoms with Gasteiger partial charge in [-0.1, -0.05) is 37.1 Å². The van der Waals surface area contributed by atoms with Crippen molar-refractivity contribution >= 4 is 17.4 Å². The lowest BCUT2D eigenvalue weighted by Crippen LogP contribution is -2.81. The van der Waals surface area contributed by atoms with Gasteiger partial charge in [-0.3, -0.25) is 19.7 Å². The molecule has 2 aromatic heterocycles. The fraction of sp³-hybridized carbons (Fsp3) is 0.613. The lowest BCUT2D eigenvalue weighted by atomic mass is 9.61. The number of aromatic nitrogens is 2. The number of allylic oxidation sites excluding steroid dienone is 1. The standard InChI is InChI=1S/C31H43ClF2N8/c1-30(23-25(33)34)27(24-9-3-5-11-37-24)28(39-19-13-35-14-20-39)29(32)42(26-10-4-6-12-38-26)31(30,40-17-7-2-8-18-40)41-21-15-36-16-22-41/h3-6,9-12,25,27,35-36H,2,7-8,13-23H2,1H3. The third-order valence-electron chi connectivity index (χ3n) is 9.65. The Labute approximate surface area is 253 Å². The second-order valence-electron chi connectivity index (χ2n) is 12.1. The summed E-state index contributed by atoms with van der Waals surface area (Å²) in [5.41, 5.74) is 0.623. The molecule has 0 radical (unpaired) electrons. The Balaban J connectivity index is 1.72. The van der Waals surface area contributed by atoms with E-state index in [-0.39, 0.29) is 6.42 Å². The van der Waals surface area contributed by atoms with Gasteiger partial charge in [0.05, 0.1) is 17.3 Å². The molecule has 6 heterocycles. The topological polar surface area (TPSA) is 62.8 Å². The van der Waals surface area contributed by atoms with Crippen molar-refractivity contribution < 1.29 is 8.78 Å². The van der Waals surface area contributed by atoms with Gasteiger partial charge in [-0.25, -0.2) is 13.8 Å². The zero-order chi connectivity index (χ0) is 29.2. The molecular weight excluding hydrogens is 558 g/mol. The predicted octanol–water partition coefficient (Wildman–Crippen LogP) is 4.10. The number of hydrogen-bond donors (Lipinski definition) is 2. The van der Waals surface area contributed by atoms with Gasteiger partial charge in [-0.15, -0.1) is 0 Å². The molecule has 8 nitrogen and oxygen atoms in total. The molecule has 11 heteroatoms. The average Bonchev–Trinajstić information content (AvgIpc) is 3.03. The Hall–Kier alpha value is -2.37. The number of nitrogens with zero attached hydrogens (tertiary/aromatic N) is 6. The van der Waals surface area contributed by atoms with Crippen LogP contribution in [0.4, 0.5) is 14.6 Å². The maximum atomic E-state index is 15.3. The van der Waals surface area contributed by atoms with Gasteiger partial charge in [0.1, 0.15) is 11.0 Å². The fourth-order valence-corrected chi connectivity index (χ4v) is 8.50. The second-order valence-corrected chi connectivity index (χ2v) is 12.4. The minimum absolute atomic E-state index is 0.308. The molecule has 4 aliphatic rings. The first-order valence-electron chi connectivity index (χ1n) is 15.4. The smallest absolute Gasteiger partial charge is 0.239 e. The summed E-state index contributed by atoms with van der Waals surface area (Å²) in [7, 11) is 0. The molecule has 0 saturated carbocycles. The van der Waals surface area contributed by atoms with E-state index in [4.69, 9.17) is 21.6 Å².